The van der Waals surface area contributed by atoms with Crippen LogP contribution in [0.5, 0.6) is 0 Å². The lowest BCUT2D eigenvalue weighted by molar-refractivity contribution is -0.00914. The Labute approximate surface area is 85.0 Å². The van der Waals surface area contributed by atoms with Gasteiger partial charge >= 0.3 is 0 Å². The number of hydrogen-bond acceptors (Lipinski definition) is 2. The van der Waals surface area contributed by atoms with E-state index >= 15 is 0 Å². The van der Waals surface area contributed by atoms with Crippen molar-refractivity contribution >= 4 is 0 Å². The number of hydrogen-bond donors (Lipinski definition) is 2. The Morgan fingerprint density at radius 2 is 2.07 bits per heavy atom. The van der Waals surface area contributed by atoms with Gasteiger partial charge in [0.2, 0.25) is 0 Å². The minimum absolute atomic E-state index is 0.501. The van der Waals surface area contributed by atoms with E-state index in [1.807, 2.05) is 0 Å². The number of β-amino-alcohol motifs (C(OH)–C–C–N with tert-alkyl or cyclic N) is 1. The van der Waals surface area contributed by atoms with Crippen molar-refractivity contribution in [2.45, 2.75) is 25.9 Å². The van der Waals surface area contributed by atoms with Crippen molar-refractivity contribution in [2.24, 2.45) is 0 Å². The van der Waals surface area contributed by atoms with Crippen molar-refractivity contribution in [3.8, 4) is 0 Å². The van der Waals surface area contributed by atoms with E-state index in [2.05, 4.69) is 37.4 Å². The molecule has 0 radical (unpaired) electrons. The van der Waals surface area contributed by atoms with Crippen LogP contribution in [-0.2, 0) is 6.42 Å². The van der Waals surface area contributed by atoms with Crippen LogP contribution in [0.25, 0.3) is 0 Å². The maximum atomic E-state index is 10.0. The second-order valence-corrected chi connectivity index (χ2v) is 4.43. The van der Waals surface area contributed by atoms with Crippen molar-refractivity contribution in [3.05, 3.63) is 34.9 Å². The van der Waals surface area contributed by atoms with E-state index in [1.165, 1.54) is 16.7 Å². The predicted molar refractivity (Wildman–Crippen MR) is 57.4 cm³/mol. The van der Waals surface area contributed by atoms with Crippen LogP contribution in [0.2, 0.25) is 0 Å². The molecule has 0 unspecified atom stereocenters. The van der Waals surface area contributed by atoms with E-state index in [0.29, 0.717) is 0 Å². The Kier molecular flexibility index (Phi) is 2.33. The quantitative estimate of drug-likeness (QED) is 0.735. The first-order valence-electron chi connectivity index (χ1n) is 5.08. The molecule has 0 amide bonds. The van der Waals surface area contributed by atoms with E-state index < -0.39 is 5.60 Å². The van der Waals surface area contributed by atoms with Crippen LogP contribution in [0.1, 0.15) is 16.7 Å². The SMILES string of the molecule is Cc1ccc(C)c(CC2(O)CNC2)c1. The van der Waals surface area contributed by atoms with Gasteiger partial charge in [0.1, 0.15) is 0 Å². The molecule has 1 aliphatic rings. The van der Waals surface area contributed by atoms with E-state index in [1.54, 1.807) is 0 Å². The zero-order chi connectivity index (χ0) is 10.2. The third kappa shape index (κ3) is 1.81. The van der Waals surface area contributed by atoms with Gasteiger partial charge in [-0.05, 0) is 25.0 Å². The Morgan fingerprint density at radius 1 is 1.36 bits per heavy atom. The van der Waals surface area contributed by atoms with Crippen molar-refractivity contribution in [1.29, 1.82) is 0 Å². The van der Waals surface area contributed by atoms with E-state index in [4.69, 9.17) is 0 Å². The van der Waals surface area contributed by atoms with Gasteiger partial charge in [-0.1, -0.05) is 23.8 Å². The summed E-state index contributed by atoms with van der Waals surface area (Å²) in [6, 6.07) is 6.41. The van der Waals surface area contributed by atoms with Gasteiger partial charge in [0.15, 0.2) is 0 Å². The first-order chi connectivity index (χ1) is 6.59. The Hall–Kier alpha value is -0.860. The summed E-state index contributed by atoms with van der Waals surface area (Å²) in [6.07, 6.45) is 0.771. The predicted octanol–water partition coefficient (Wildman–Crippen LogP) is 1.18. The van der Waals surface area contributed by atoms with E-state index in [0.717, 1.165) is 19.5 Å². The maximum absolute atomic E-state index is 10.0. The smallest absolute Gasteiger partial charge is 0.0935 e. The molecule has 2 N–H and O–H groups in total. The Morgan fingerprint density at radius 3 is 2.64 bits per heavy atom. The number of nitrogens with one attached hydrogen (secondary N) is 1. The van der Waals surface area contributed by atoms with Crippen LogP contribution < -0.4 is 5.32 Å². The van der Waals surface area contributed by atoms with Gasteiger partial charge < -0.3 is 10.4 Å². The summed E-state index contributed by atoms with van der Waals surface area (Å²) in [7, 11) is 0. The fourth-order valence-corrected chi connectivity index (χ4v) is 1.88. The molecule has 1 fully saturated rings. The molecule has 0 aliphatic carbocycles. The van der Waals surface area contributed by atoms with Crippen LogP contribution in [0.15, 0.2) is 18.2 Å². The molecule has 1 heterocycles. The van der Waals surface area contributed by atoms with E-state index in [9.17, 15) is 5.11 Å². The molecule has 0 bridgehead atoms. The standard InChI is InChI=1S/C12H17NO/c1-9-3-4-10(2)11(5-9)6-12(14)7-13-8-12/h3-5,13-14H,6-8H2,1-2H3. The van der Waals surface area contributed by atoms with Gasteiger partial charge in [0.25, 0.3) is 0 Å². The summed E-state index contributed by atoms with van der Waals surface area (Å²) in [5.41, 5.74) is 3.31. The minimum Gasteiger partial charge on any atom is -0.387 e. The maximum Gasteiger partial charge on any atom is 0.0935 e. The van der Waals surface area contributed by atoms with Gasteiger partial charge in [-0.25, -0.2) is 0 Å². The molecule has 2 nitrogen and oxygen atoms in total. The van der Waals surface area contributed by atoms with Crippen LogP contribution >= 0.6 is 0 Å². The summed E-state index contributed by atoms with van der Waals surface area (Å²) >= 11 is 0. The lowest BCUT2D eigenvalue weighted by Crippen LogP contribution is -2.60. The topological polar surface area (TPSA) is 32.3 Å². The molecule has 1 aromatic rings. The van der Waals surface area contributed by atoms with Crippen LogP contribution in [-0.4, -0.2) is 23.8 Å². The molecule has 2 rings (SSSR count). The fourth-order valence-electron chi connectivity index (χ4n) is 1.88. The summed E-state index contributed by atoms with van der Waals surface area (Å²) < 4.78 is 0. The average molecular weight is 191 g/mol. The number of aliphatic hydroxyl groups is 1. The molecular formula is C12H17NO. The molecule has 1 aliphatic heterocycles. The Bertz CT molecular complexity index is 342. The molecule has 0 saturated carbocycles. The van der Waals surface area contributed by atoms with Gasteiger partial charge in [0.05, 0.1) is 5.60 Å². The monoisotopic (exact) mass is 191 g/mol. The molecule has 0 atom stereocenters. The molecule has 2 heteroatoms. The van der Waals surface area contributed by atoms with Crippen molar-refractivity contribution < 1.29 is 5.11 Å². The van der Waals surface area contributed by atoms with Gasteiger partial charge in [-0.3, -0.25) is 0 Å². The van der Waals surface area contributed by atoms with E-state index in [-0.39, 0.29) is 0 Å². The lowest BCUT2D eigenvalue weighted by Gasteiger charge is -2.38. The number of benzene rings is 1. The first-order valence-corrected chi connectivity index (χ1v) is 5.08. The summed E-state index contributed by atoms with van der Waals surface area (Å²) in [4.78, 5) is 0. The zero-order valence-electron chi connectivity index (χ0n) is 8.80. The van der Waals surface area contributed by atoms with Crippen molar-refractivity contribution in [2.75, 3.05) is 13.1 Å². The highest BCUT2D eigenvalue weighted by Crippen LogP contribution is 2.21. The molecular weight excluding hydrogens is 174 g/mol. The normalized spacial score (nSPS) is 19.1. The largest absolute Gasteiger partial charge is 0.387 e. The third-order valence-corrected chi connectivity index (χ3v) is 2.93. The van der Waals surface area contributed by atoms with Gasteiger partial charge in [-0.15, -0.1) is 0 Å². The highest BCUT2D eigenvalue weighted by molar-refractivity contribution is 5.32. The molecule has 1 saturated heterocycles. The van der Waals surface area contributed by atoms with Crippen LogP contribution in [0, 0.1) is 13.8 Å². The summed E-state index contributed by atoms with van der Waals surface area (Å²) in [5, 5.41) is 13.1. The van der Waals surface area contributed by atoms with Crippen molar-refractivity contribution in [1.82, 2.24) is 5.32 Å². The third-order valence-electron chi connectivity index (χ3n) is 2.93. The highest BCUT2D eigenvalue weighted by atomic mass is 16.3. The van der Waals surface area contributed by atoms with Crippen molar-refractivity contribution in [3.63, 3.8) is 0 Å². The number of rotatable bonds is 2. The summed E-state index contributed by atoms with van der Waals surface area (Å²) in [5.74, 6) is 0. The molecule has 14 heavy (non-hydrogen) atoms. The van der Waals surface area contributed by atoms with Gasteiger partial charge in [0, 0.05) is 19.5 Å². The Balaban J connectivity index is 2.19. The fraction of sp³-hybridized carbons (Fsp3) is 0.500. The summed E-state index contributed by atoms with van der Waals surface area (Å²) in [6.45, 7) is 5.64. The molecule has 0 spiro atoms. The molecule has 1 aromatic carbocycles. The first kappa shape index (κ1) is 9.69. The number of aryl methyl sites for hydroxylation is 2. The molecule has 0 aromatic heterocycles. The van der Waals surface area contributed by atoms with Gasteiger partial charge in [-0.2, -0.15) is 0 Å². The van der Waals surface area contributed by atoms with Crippen LogP contribution in [0.4, 0.5) is 0 Å². The molecule has 76 valence electrons. The lowest BCUT2D eigenvalue weighted by atomic mass is 9.87. The minimum atomic E-state index is -0.501. The van der Waals surface area contributed by atoms with Crippen LogP contribution in [0.3, 0.4) is 0 Å². The highest BCUT2D eigenvalue weighted by Gasteiger charge is 2.34. The average Bonchev–Trinajstić information content (AvgIpc) is 2.09. The zero-order valence-corrected chi connectivity index (χ0v) is 8.80. The second-order valence-electron chi connectivity index (χ2n) is 4.43. The second kappa shape index (κ2) is 3.37.